The third-order valence-electron chi connectivity index (χ3n) is 3.86. The predicted molar refractivity (Wildman–Crippen MR) is 56.7 cm³/mol. The van der Waals surface area contributed by atoms with Crippen LogP contribution in [-0.4, -0.2) is 12.1 Å². The lowest BCUT2D eigenvalue weighted by Crippen LogP contribution is -2.40. The SMILES string of the molecule is CC1(C)CC1NC1CCCCC1C#N. The quantitative estimate of drug-likeness (QED) is 0.729. The molecular formula is C12H20N2. The Labute approximate surface area is 86.7 Å². The second-order valence-electron chi connectivity index (χ2n) is 5.54. The molecule has 0 amide bonds. The smallest absolute Gasteiger partial charge is 0.0672 e. The first-order valence-electron chi connectivity index (χ1n) is 5.79. The number of nitriles is 1. The van der Waals surface area contributed by atoms with Crippen LogP contribution in [0.25, 0.3) is 0 Å². The Hall–Kier alpha value is -0.550. The minimum absolute atomic E-state index is 0.264. The lowest BCUT2D eigenvalue weighted by Gasteiger charge is -2.28. The maximum atomic E-state index is 9.03. The lowest BCUT2D eigenvalue weighted by atomic mass is 9.85. The molecule has 2 aliphatic rings. The standard InChI is InChI=1S/C12H20N2/c1-12(2)7-11(12)14-10-6-4-3-5-9(10)8-13/h9-11,14H,3-7H2,1-2H3. The van der Waals surface area contributed by atoms with E-state index in [-0.39, 0.29) is 5.92 Å². The summed E-state index contributed by atoms with van der Waals surface area (Å²) in [5, 5.41) is 12.7. The van der Waals surface area contributed by atoms with Crippen LogP contribution in [0.5, 0.6) is 0 Å². The number of nitrogens with one attached hydrogen (secondary N) is 1. The molecule has 2 aliphatic carbocycles. The molecule has 0 saturated heterocycles. The Morgan fingerprint density at radius 2 is 1.93 bits per heavy atom. The molecule has 2 fully saturated rings. The fourth-order valence-corrected chi connectivity index (χ4v) is 2.49. The van der Waals surface area contributed by atoms with E-state index < -0.39 is 0 Å². The molecule has 14 heavy (non-hydrogen) atoms. The molecule has 0 aromatic rings. The van der Waals surface area contributed by atoms with Crippen LogP contribution in [0.15, 0.2) is 0 Å². The van der Waals surface area contributed by atoms with Crippen LogP contribution in [0.3, 0.4) is 0 Å². The van der Waals surface area contributed by atoms with E-state index in [1.165, 1.54) is 25.7 Å². The number of rotatable bonds is 2. The van der Waals surface area contributed by atoms with Crippen LogP contribution in [0, 0.1) is 22.7 Å². The summed E-state index contributed by atoms with van der Waals surface area (Å²) in [4.78, 5) is 0. The van der Waals surface area contributed by atoms with Crippen molar-refractivity contribution >= 4 is 0 Å². The highest BCUT2D eigenvalue weighted by molar-refractivity contribution is 5.05. The van der Waals surface area contributed by atoms with Crippen molar-refractivity contribution in [1.29, 1.82) is 5.26 Å². The summed E-state index contributed by atoms with van der Waals surface area (Å²) < 4.78 is 0. The Morgan fingerprint density at radius 3 is 2.50 bits per heavy atom. The van der Waals surface area contributed by atoms with Crippen molar-refractivity contribution in [3.05, 3.63) is 0 Å². The van der Waals surface area contributed by atoms with Gasteiger partial charge in [-0.15, -0.1) is 0 Å². The fourth-order valence-electron chi connectivity index (χ4n) is 2.49. The van der Waals surface area contributed by atoms with Gasteiger partial charge in [0.1, 0.15) is 0 Å². The van der Waals surface area contributed by atoms with E-state index in [0.29, 0.717) is 17.5 Å². The molecule has 1 N–H and O–H groups in total. The molecule has 0 aromatic heterocycles. The maximum Gasteiger partial charge on any atom is 0.0672 e. The molecule has 2 heteroatoms. The van der Waals surface area contributed by atoms with E-state index in [9.17, 15) is 0 Å². The van der Waals surface area contributed by atoms with Gasteiger partial charge in [0.15, 0.2) is 0 Å². The first kappa shape index (κ1) is 9.98. The van der Waals surface area contributed by atoms with Gasteiger partial charge < -0.3 is 5.32 Å². The van der Waals surface area contributed by atoms with Gasteiger partial charge in [-0.05, 0) is 24.7 Å². The average molecular weight is 192 g/mol. The molecule has 78 valence electrons. The summed E-state index contributed by atoms with van der Waals surface area (Å²) in [6.07, 6.45) is 6.11. The van der Waals surface area contributed by atoms with Gasteiger partial charge in [-0.3, -0.25) is 0 Å². The van der Waals surface area contributed by atoms with Crippen LogP contribution in [0.1, 0.15) is 46.0 Å². The summed E-state index contributed by atoms with van der Waals surface area (Å²) in [6.45, 7) is 4.60. The van der Waals surface area contributed by atoms with Crippen molar-refractivity contribution in [1.82, 2.24) is 5.32 Å². The fraction of sp³-hybridized carbons (Fsp3) is 0.917. The summed E-state index contributed by atoms with van der Waals surface area (Å²) in [6, 6.07) is 3.59. The third kappa shape index (κ3) is 1.93. The van der Waals surface area contributed by atoms with Crippen molar-refractivity contribution < 1.29 is 0 Å². The maximum absolute atomic E-state index is 9.03. The molecule has 2 rings (SSSR count). The Morgan fingerprint density at radius 1 is 1.29 bits per heavy atom. The van der Waals surface area contributed by atoms with Crippen molar-refractivity contribution in [3.63, 3.8) is 0 Å². The summed E-state index contributed by atoms with van der Waals surface area (Å²) in [7, 11) is 0. The van der Waals surface area contributed by atoms with Crippen molar-refractivity contribution in [2.75, 3.05) is 0 Å². The van der Waals surface area contributed by atoms with E-state index in [1.807, 2.05) is 0 Å². The average Bonchev–Trinajstić information content (AvgIpc) is 2.75. The normalized spacial score (nSPS) is 40.2. The van der Waals surface area contributed by atoms with Gasteiger partial charge in [-0.2, -0.15) is 5.26 Å². The van der Waals surface area contributed by atoms with Gasteiger partial charge in [-0.25, -0.2) is 0 Å². The summed E-state index contributed by atoms with van der Waals surface area (Å²) in [5.74, 6) is 0.264. The number of hydrogen-bond acceptors (Lipinski definition) is 2. The molecule has 0 aromatic carbocycles. The minimum Gasteiger partial charge on any atom is -0.309 e. The zero-order chi connectivity index (χ0) is 10.2. The molecule has 0 heterocycles. The predicted octanol–water partition coefficient (Wildman–Crippen LogP) is 2.46. The van der Waals surface area contributed by atoms with Gasteiger partial charge in [0.2, 0.25) is 0 Å². The molecule has 0 bridgehead atoms. The molecule has 2 nitrogen and oxygen atoms in total. The summed E-state index contributed by atoms with van der Waals surface area (Å²) >= 11 is 0. The number of nitrogens with zero attached hydrogens (tertiary/aromatic N) is 1. The minimum atomic E-state index is 0.264. The number of hydrogen-bond donors (Lipinski definition) is 1. The lowest BCUT2D eigenvalue weighted by molar-refractivity contribution is 0.300. The van der Waals surface area contributed by atoms with Crippen LogP contribution < -0.4 is 5.32 Å². The molecule has 0 radical (unpaired) electrons. The molecule has 2 saturated carbocycles. The van der Waals surface area contributed by atoms with Gasteiger partial charge in [0.25, 0.3) is 0 Å². The molecule has 3 unspecified atom stereocenters. The zero-order valence-electron chi connectivity index (χ0n) is 9.21. The Balaban J connectivity index is 1.87. The zero-order valence-corrected chi connectivity index (χ0v) is 9.21. The highest BCUT2D eigenvalue weighted by Gasteiger charge is 2.47. The molecule has 0 spiro atoms. The first-order valence-corrected chi connectivity index (χ1v) is 5.79. The summed E-state index contributed by atoms with van der Waals surface area (Å²) in [5.41, 5.74) is 0.484. The highest BCUT2D eigenvalue weighted by Crippen LogP contribution is 2.45. The van der Waals surface area contributed by atoms with Crippen LogP contribution >= 0.6 is 0 Å². The van der Waals surface area contributed by atoms with E-state index in [2.05, 4.69) is 25.2 Å². The Kier molecular flexibility index (Phi) is 2.53. The molecule has 0 aliphatic heterocycles. The third-order valence-corrected chi connectivity index (χ3v) is 3.86. The largest absolute Gasteiger partial charge is 0.309 e. The van der Waals surface area contributed by atoms with Crippen LogP contribution in [-0.2, 0) is 0 Å². The topological polar surface area (TPSA) is 35.8 Å². The van der Waals surface area contributed by atoms with E-state index in [1.54, 1.807) is 0 Å². The van der Waals surface area contributed by atoms with Gasteiger partial charge in [0.05, 0.1) is 12.0 Å². The van der Waals surface area contributed by atoms with Gasteiger partial charge in [-0.1, -0.05) is 26.7 Å². The van der Waals surface area contributed by atoms with Crippen molar-refractivity contribution in [2.45, 2.75) is 58.0 Å². The highest BCUT2D eigenvalue weighted by atomic mass is 15.0. The molecular weight excluding hydrogens is 172 g/mol. The Bertz CT molecular complexity index is 252. The van der Waals surface area contributed by atoms with Crippen molar-refractivity contribution in [2.24, 2.45) is 11.3 Å². The van der Waals surface area contributed by atoms with E-state index in [4.69, 9.17) is 5.26 Å². The second kappa shape index (κ2) is 3.55. The van der Waals surface area contributed by atoms with E-state index >= 15 is 0 Å². The second-order valence-corrected chi connectivity index (χ2v) is 5.54. The van der Waals surface area contributed by atoms with Gasteiger partial charge >= 0.3 is 0 Å². The van der Waals surface area contributed by atoms with Gasteiger partial charge in [0, 0.05) is 12.1 Å². The first-order chi connectivity index (χ1) is 6.63. The molecule has 3 atom stereocenters. The van der Waals surface area contributed by atoms with Crippen LogP contribution in [0.2, 0.25) is 0 Å². The van der Waals surface area contributed by atoms with Crippen LogP contribution in [0.4, 0.5) is 0 Å². The monoisotopic (exact) mass is 192 g/mol. The van der Waals surface area contributed by atoms with Crippen molar-refractivity contribution in [3.8, 4) is 6.07 Å². The van der Waals surface area contributed by atoms with E-state index in [0.717, 1.165) is 6.42 Å².